The summed E-state index contributed by atoms with van der Waals surface area (Å²) in [5, 5.41) is 3.41. The molecule has 78 valence electrons. The Bertz CT molecular complexity index is 256. The van der Waals surface area contributed by atoms with Gasteiger partial charge >= 0.3 is 0 Å². The first-order valence-electron chi connectivity index (χ1n) is 4.80. The average Bonchev–Trinajstić information content (AvgIpc) is 2.22. The van der Waals surface area contributed by atoms with Gasteiger partial charge in [-0.3, -0.25) is 0 Å². The highest BCUT2D eigenvalue weighted by molar-refractivity contribution is 9.10. The summed E-state index contributed by atoms with van der Waals surface area (Å²) < 4.78 is 1.12. The highest BCUT2D eigenvalue weighted by Crippen LogP contribution is 2.10. The van der Waals surface area contributed by atoms with Crippen LogP contribution in [0, 0.1) is 0 Å². The predicted molar refractivity (Wildman–Crippen MR) is 65.8 cm³/mol. The molecule has 0 saturated heterocycles. The maximum atomic E-state index is 5.79. The van der Waals surface area contributed by atoms with Crippen LogP contribution in [0.15, 0.2) is 28.7 Å². The second-order valence-electron chi connectivity index (χ2n) is 3.27. The van der Waals surface area contributed by atoms with Gasteiger partial charge < -0.3 is 5.32 Å². The van der Waals surface area contributed by atoms with Crippen molar-refractivity contribution in [1.29, 1.82) is 0 Å². The largest absolute Gasteiger partial charge is 0.309 e. The maximum Gasteiger partial charge on any atom is 0.0377 e. The van der Waals surface area contributed by atoms with E-state index in [9.17, 15) is 0 Å². The molecule has 1 nitrogen and oxygen atoms in total. The Labute approximate surface area is 99.0 Å². The lowest BCUT2D eigenvalue weighted by Crippen LogP contribution is -2.29. The minimum absolute atomic E-state index is 0.417. The van der Waals surface area contributed by atoms with Crippen molar-refractivity contribution < 1.29 is 0 Å². The number of halogens is 2. The smallest absolute Gasteiger partial charge is 0.0377 e. The molecule has 1 N–H and O–H groups in total. The van der Waals surface area contributed by atoms with Gasteiger partial charge in [0.1, 0.15) is 0 Å². The van der Waals surface area contributed by atoms with Crippen LogP contribution in [0.3, 0.4) is 0 Å². The fourth-order valence-corrected chi connectivity index (χ4v) is 1.76. The van der Waals surface area contributed by atoms with Crippen LogP contribution in [0.5, 0.6) is 0 Å². The summed E-state index contributed by atoms with van der Waals surface area (Å²) in [4.78, 5) is 0. The summed E-state index contributed by atoms with van der Waals surface area (Å²) in [6.07, 6.45) is 1.07. The van der Waals surface area contributed by atoms with Crippen LogP contribution in [0.25, 0.3) is 0 Å². The van der Waals surface area contributed by atoms with Gasteiger partial charge in [0.25, 0.3) is 0 Å². The van der Waals surface area contributed by atoms with Crippen LogP contribution in [0.1, 0.15) is 18.9 Å². The third kappa shape index (κ3) is 3.99. The summed E-state index contributed by atoms with van der Waals surface area (Å²) in [6, 6.07) is 8.74. The topological polar surface area (TPSA) is 12.0 Å². The van der Waals surface area contributed by atoms with E-state index in [0.29, 0.717) is 11.9 Å². The SMILES string of the molecule is CCC(CCl)NCc1ccc(Br)cc1. The van der Waals surface area contributed by atoms with Crippen molar-refractivity contribution >= 4 is 27.5 Å². The minimum Gasteiger partial charge on any atom is -0.309 e. The van der Waals surface area contributed by atoms with E-state index < -0.39 is 0 Å². The van der Waals surface area contributed by atoms with Gasteiger partial charge in [-0.1, -0.05) is 35.0 Å². The molecule has 1 atom stereocenters. The van der Waals surface area contributed by atoms with E-state index in [0.717, 1.165) is 17.4 Å². The zero-order chi connectivity index (χ0) is 10.4. The van der Waals surface area contributed by atoms with Crippen molar-refractivity contribution in [1.82, 2.24) is 5.32 Å². The Morgan fingerprint density at radius 3 is 2.50 bits per heavy atom. The van der Waals surface area contributed by atoms with Crippen molar-refractivity contribution in [2.45, 2.75) is 25.9 Å². The fourth-order valence-electron chi connectivity index (χ4n) is 1.17. The van der Waals surface area contributed by atoms with E-state index in [4.69, 9.17) is 11.6 Å². The zero-order valence-corrected chi connectivity index (χ0v) is 10.6. The number of hydrogen-bond donors (Lipinski definition) is 1. The maximum absolute atomic E-state index is 5.79. The van der Waals surface area contributed by atoms with Crippen LogP contribution in [-0.4, -0.2) is 11.9 Å². The van der Waals surface area contributed by atoms with Crippen molar-refractivity contribution in [2.24, 2.45) is 0 Å². The second-order valence-corrected chi connectivity index (χ2v) is 4.49. The van der Waals surface area contributed by atoms with Gasteiger partial charge in [0.05, 0.1) is 0 Å². The number of alkyl halides is 1. The molecule has 1 unspecified atom stereocenters. The molecule has 0 aliphatic carbocycles. The predicted octanol–water partition coefficient (Wildman–Crippen LogP) is 3.56. The molecule has 0 saturated carbocycles. The molecule has 3 heteroatoms. The monoisotopic (exact) mass is 275 g/mol. The van der Waals surface area contributed by atoms with Gasteiger partial charge in [0.2, 0.25) is 0 Å². The molecule has 14 heavy (non-hydrogen) atoms. The van der Waals surface area contributed by atoms with Crippen LogP contribution >= 0.6 is 27.5 Å². The molecular weight excluding hydrogens is 261 g/mol. The summed E-state index contributed by atoms with van der Waals surface area (Å²) in [5.74, 6) is 0.674. The standard InChI is InChI=1S/C11H15BrClN/c1-2-11(7-13)14-8-9-3-5-10(12)6-4-9/h3-6,11,14H,2,7-8H2,1H3. The molecule has 0 spiro atoms. The first-order valence-corrected chi connectivity index (χ1v) is 6.12. The number of hydrogen-bond acceptors (Lipinski definition) is 1. The lowest BCUT2D eigenvalue weighted by atomic mass is 10.2. The fraction of sp³-hybridized carbons (Fsp3) is 0.455. The summed E-state index contributed by atoms with van der Waals surface area (Å²) >= 11 is 9.20. The van der Waals surface area contributed by atoms with Crippen LogP contribution in [0.4, 0.5) is 0 Å². The molecule has 0 amide bonds. The van der Waals surface area contributed by atoms with E-state index in [-0.39, 0.29) is 0 Å². The normalized spacial score (nSPS) is 12.8. The summed E-state index contributed by atoms with van der Waals surface area (Å²) in [7, 11) is 0. The van der Waals surface area contributed by atoms with Crippen LogP contribution < -0.4 is 5.32 Å². The van der Waals surface area contributed by atoms with Gasteiger partial charge in [0, 0.05) is 22.9 Å². The highest BCUT2D eigenvalue weighted by atomic mass is 79.9. The molecule has 0 aliphatic heterocycles. The average molecular weight is 277 g/mol. The minimum atomic E-state index is 0.417. The Kier molecular flexibility index (Phi) is 5.53. The van der Waals surface area contributed by atoms with Crippen molar-refractivity contribution in [3.63, 3.8) is 0 Å². The molecule has 0 fully saturated rings. The van der Waals surface area contributed by atoms with E-state index in [1.807, 2.05) is 0 Å². The van der Waals surface area contributed by atoms with Crippen molar-refractivity contribution in [3.8, 4) is 0 Å². The lowest BCUT2D eigenvalue weighted by molar-refractivity contribution is 0.539. The van der Waals surface area contributed by atoms with Gasteiger partial charge in [0.15, 0.2) is 0 Å². The molecule has 0 radical (unpaired) electrons. The second kappa shape index (κ2) is 6.44. The third-order valence-electron chi connectivity index (χ3n) is 2.19. The quantitative estimate of drug-likeness (QED) is 0.811. The van der Waals surface area contributed by atoms with E-state index in [2.05, 4.69) is 52.4 Å². The Hall–Kier alpha value is -0.0500. The number of benzene rings is 1. The molecule has 1 aromatic carbocycles. The Morgan fingerprint density at radius 1 is 1.36 bits per heavy atom. The molecule has 0 heterocycles. The molecule has 0 aliphatic rings. The molecule has 0 bridgehead atoms. The summed E-state index contributed by atoms with van der Waals surface area (Å²) in [5.41, 5.74) is 1.29. The number of nitrogens with one attached hydrogen (secondary N) is 1. The van der Waals surface area contributed by atoms with E-state index >= 15 is 0 Å². The first kappa shape index (κ1) is 12.0. The van der Waals surface area contributed by atoms with E-state index in [1.54, 1.807) is 0 Å². The molecular formula is C11H15BrClN. The van der Waals surface area contributed by atoms with Gasteiger partial charge in [-0.25, -0.2) is 0 Å². The van der Waals surface area contributed by atoms with Gasteiger partial charge in [-0.05, 0) is 24.1 Å². The van der Waals surface area contributed by atoms with Crippen molar-refractivity contribution in [3.05, 3.63) is 34.3 Å². The van der Waals surface area contributed by atoms with Crippen LogP contribution in [-0.2, 0) is 6.54 Å². The zero-order valence-electron chi connectivity index (χ0n) is 8.26. The van der Waals surface area contributed by atoms with E-state index in [1.165, 1.54) is 5.56 Å². The third-order valence-corrected chi connectivity index (χ3v) is 3.09. The van der Waals surface area contributed by atoms with Crippen LogP contribution in [0.2, 0.25) is 0 Å². The molecule has 1 rings (SSSR count). The highest BCUT2D eigenvalue weighted by Gasteiger charge is 2.02. The number of rotatable bonds is 5. The Balaban J connectivity index is 2.41. The summed E-state index contributed by atoms with van der Waals surface area (Å²) in [6.45, 7) is 3.03. The molecule has 0 aromatic heterocycles. The molecule has 1 aromatic rings. The first-order chi connectivity index (χ1) is 6.76. The Morgan fingerprint density at radius 2 is 2.00 bits per heavy atom. The van der Waals surface area contributed by atoms with Crippen molar-refractivity contribution in [2.75, 3.05) is 5.88 Å². The van der Waals surface area contributed by atoms with Gasteiger partial charge in [-0.15, -0.1) is 11.6 Å². The lowest BCUT2D eigenvalue weighted by Gasteiger charge is -2.13. The van der Waals surface area contributed by atoms with Gasteiger partial charge in [-0.2, -0.15) is 0 Å².